The lowest BCUT2D eigenvalue weighted by Crippen LogP contribution is -2.10. The Hall–Kier alpha value is -3.91. The van der Waals surface area contributed by atoms with Crippen molar-refractivity contribution in [2.75, 3.05) is 0 Å². The van der Waals surface area contributed by atoms with Crippen molar-refractivity contribution in [1.82, 2.24) is 9.55 Å². The molecule has 0 atom stereocenters. The van der Waals surface area contributed by atoms with E-state index in [1.807, 2.05) is 25.3 Å². The molecule has 1 heterocycles. The van der Waals surface area contributed by atoms with Crippen LogP contribution in [-0.2, 0) is 12.8 Å². The Morgan fingerprint density at radius 3 is 2.11 bits per heavy atom. The monoisotopic (exact) mass is 500 g/mol. The van der Waals surface area contributed by atoms with Gasteiger partial charge in [-0.05, 0) is 83.2 Å². The van der Waals surface area contributed by atoms with E-state index in [1.54, 1.807) is 0 Å². The first-order chi connectivity index (χ1) is 18.4. The molecule has 38 heavy (non-hydrogen) atoms. The number of nitrogens with zero attached hydrogens (tertiary/aromatic N) is 2. The second kappa shape index (κ2) is 12.6. The second-order valence-electron chi connectivity index (χ2n) is 10.8. The van der Waals surface area contributed by atoms with Gasteiger partial charge in [-0.1, -0.05) is 107 Å². The lowest BCUT2D eigenvalue weighted by atomic mass is 9.90. The average Bonchev–Trinajstić information content (AvgIpc) is 3.38. The lowest BCUT2D eigenvalue weighted by Gasteiger charge is -2.22. The fraction of sp³-hybridized carbons (Fsp3) is 0.250. The van der Waals surface area contributed by atoms with E-state index in [1.165, 1.54) is 27.9 Å². The van der Waals surface area contributed by atoms with E-state index in [4.69, 9.17) is 4.98 Å². The van der Waals surface area contributed by atoms with Crippen molar-refractivity contribution in [3.63, 3.8) is 0 Å². The van der Waals surface area contributed by atoms with Crippen molar-refractivity contribution in [2.24, 2.45) is 11.8 Å². The van der Waals surface area contributed by atoms with Gasteiger partial charge in [0.1, 0.15) is 5.82 Å². The first kappa shape index (κ1) is 27.1. The number of rotatable bonds is 10. The Balaban J connectivity index is 1.92. The molecule has 0 fully saturated rings. The van der Waals surface area contributed by atoms with Gasteiger partial charge in [-0.15, -0.1) is 0 Å². The van der Waals surface area contributed by atoms with Crippen LogP contribution in [-0.4, -0.2) is 9.55 Å². The smallest absolute Gasteiger partial charge is 0.144 e. The van der Waals surface area contributed by atoms with Gasteiger partial charge in [0.25, 0.3) is 0 Å². The van der Waals surface area contributed by atoms with E-state index in [2.05, 4.69) is 124 Å². The molecule has 0 aliphatic rings. The van der Waals surface area contributed by atoms with Crippen LogP contribution in [0.25, 0.3) is 33.8 Å². The van der Waals surface area contributed by atoms with E-state index >= 15 is 0 Å². The van der Waals surface area contributed by atoms with E-state index < -0.39 is 0 Å². The highest BCUT2D eigenvalue weighted by molar-refractivity contribution is 5.78. The molecule has 0 unspecified atom stereocenters. The van der Waals surface area contributed by atoms with Gasteiger partial charge in [0, 0.05) is 18.0 Å². The summed E-state index contributed by atoms with van der Waals surface area (Å²) < 4.78 is 2.31. The fourth-order valence-electron chi connectivity index (χ4n) is 5.07. The highest BCUT2D eigenvalue weighted by Gasteiger charge is 2.19. The van der Waals surface area contributed by atoms with Crippen molar-refractivity contribution in [3.05, 3.63) is 127 Å². The maximum atomic E-state index is 4.88. The summed E-state index contributed by atoms with van der Waals surface area (Å²) in [6.45, 7) is 15.3. The highest BCUT2D eigenvalue weighted by atomic mass is 15.1. The Kier molecular flexibility index (Phi) is 8.97. The van der Waals surface area contributed by atoms with Crippen molar-refractivity contribution in [2.45, 2.75) is 47.5 Å². The molecule has 1 aromatic heterocycles. The molecule has 0 radical (unpaired) electrons. The molecule has 0 saturated carbocycles. The SMILES string of the molecule is C=C/C(=C\C=C/C)c1cccc(-c2nccn2-c2c(CC(C)C)cc(-c3ccccc3)cc2CC(C)C)c1. The second-order valence-corrected chi connectivity index (χ2v) is 10.8. The lowest BCUT2D eigenvalue weighted by molar-refractivity contribution is 0.631. The number of hydrogen-bond donors (Lipinski definition) is 0. The van der Waals surface area contributed by atoms with Crippen LogP contribution in [0.1, 0.15) is 51.3 Å². The first-order valence-corrected chi connectivity index (χ1v) is 13.7. The van der Waals surface area contributed by atoms with Crippen LogP contribution < -0.4 is 0 Å². The minimum Gasteiger partial charge on any atom is -0.299 e. The van der Waals surface area contributed by atoms with Crippen LogP contribution in [0.4, 0.5) is 0 Å². The topological polar surface area (TPSA) is 17.8 Å². The molecular formula is C36H40N2. The van der Waals surface area contributed by atoms with Crippen LogP contribution in [0.2, 0.25) is 0 Å². The molecule has 0 saturated heterocycles. The van der Waals surface area contributed by atoms with Crippen molar-refractivity contribution in [1.29, 1.82) is 0 Å². The normalized spacial score (nSPS) is 12.1. The van der Waals surface area contributed by atoms with Crippen molar-refractivity contribution >= 4 is 5.57 Å². The van der Waals surface area contributed by atoms with Gasteiger partial charge in [-0.2, -0.15) is 0 Å². The number of aromatic nitrogens is 2. The molecule has 0 aliphatic carbocycles. The van der Waals surface area contributed by atoms with Gasteiger partial charge in [0.05, 0.1) is 5.69 Å². The third-order valence-corrected chi connectivity index (χ3v) is 6.66. The van der Waals surface area contributed by atoms with Gasteiger partial charge < -0.3 is 0 Å². The Labute approximate surface area is 229 Å². The van der Waals surface area contributed by atoms with Gasteiger partial charge >= 0.3 is 0 Å². The predicted octanol–water partition coefficient (Wildman–Crippen LogP) is 9.75. The molecule has 4 aromatic rings. The molecule has 2 heteroatoms. The first-order valence-electron chi connectivity index (χ1n) is 13.7. The molecule has 194 valence electrons. The summed E-state index contributed by atoms with van der Waals surface area (Å²) in [5, 5.41) is 0. The third kappa shape index (κ3) is 6.31. The van der Waals surface area contributed by atoms with Gasteiger partial charge in [0.15, 0.2) is 0 Å². The largest absolute Gasteiger partial charge is 0.299 e. The molecular weight excluding hydrogens is 460 g/mol. The van der Waals surface area contributed by atoms with Gasteiger partial charge in [-0.3, -0.25) is 4.57 Å². The fourth-order valence-corrected chi connectivity index (χ4v) is 5.07. The van der Waals surface area contributed by atoms with Gasteiger partial charge in [0.2, 0.25) is 0 Å². The summed E-state index contributed by atoms with van der Waals surface area (Å²) in [6, 6.07) is 24.1. The number of allylic oxidation sites excluding steroid dienone is 5. The summed E-state index contributed by atoms with van der Waals surface area (Å²) in [4.78, 5) is 4.88. The summed E-state index contributed by atoms with van der Waals surface area (Å²) in [6.07, 6.45) is 14.2. The third-order valence-electron chi connectivity index (χ3n) is 6.66. The quantitative estimate of drug-likeness (QED) is 0.198. The Morgan fingerprint density at radius 1 is 0.842 bits per heavy atom. The maximum absolute atomic E-state index is 4.88. The summed E-state index contributed by atoms with van der Waals surface area (Å²) in [5.74, 6) is 2.03. The molecule has 0 spiro atoms. The van der Waals surface area contributed by atoms with Gasteiger partial charge in [-0.25, -0.2) is 4.98 Å². The van der Waals surface area contributed by atoms with Crippen molar-refractivity contribution in [3.8, 4) is 28.2 Å². The molecule has 4 rings (SSSR count). The number of imidazole rings is 1. The maximum Gasteiger partial charge on any atom is 0.144 e. The van der Waals surface area contributed by atoms with Crippen LogP contribution in [0, 0.1) is 11.8 Å². The molecule has 3 aromatic carbocycles. The zero-order valence-corrected chi connectivity index (χ0v) is 23.5. The average molecular weight is 501 g/mol. The van der Waals surface area contributed by atoms with Crippen LogP contribution in [0.5, 0.6) is 0 Å². The van der Waals surface area contributed by atoms with E-state index in [-0.39, 0.29) is 0 Å². The summed E-state index contributed by atoms with van der Waals surface area (Å²) in [5.41, 5.74) is 9.88. The van der Waals surface area contributed by atoms with Crippen LogP contribution in [0.15, 0.2) is 110 Å². The standard InChI is InChI=1S/C36H40N2/c1-7-9-14-28(8-2)30-17-13-18-31(23-30)36-37-19-20-38(36)35-33(21-26(3)4)24-32(25-34(35)22-27(5)6)29-15-11-10-12-16-29/h7-20,23-27H,2,21-22H2,1,3-6H3/b9-7-,28-14+. The molecule has 0 N–H and O–H groups in total. The zero-order chi connectivity index (χ0) is 27.1. The van der Waals surface area contributed by atoms with E-state index in [9.17, 15) is 0 Å². The summed E-state index contributed by atoms with van der Waals surface area (Å²) in [7, 11) is 0. The molecule has 0 amide bonds. The Bertz CT molecular complexity index is 1400. The Morgan fingerprint density at radius 2 is 1.50 bits per heavy atom. The van der Waals surface area contributed by atoms with Crippen molar-refractivity contribution < 1.29 is 0 Å². The van der Waals surface area contributed by atoms with Crippen LogP contribution >= 0.6 is 0 Å². The minimum atomic E-state index is 0.536. The minimum absolute atomic E-state index is 0.536. The number of benzene rings is 3. The molecule has 2 nitrogen and oxygen atoms in total. The number of hydrogen-bond acceptors (Lipinski definition) is 1. The van der Waals surface area contributed by atoms with Crippen LogP contribution in [0.3, 0.4) is 0 Å². The summed E-state index contributed by atoms with van der Waals surface area (Å²) >= 11 is 0. The van der Waals surface area contributed by atoms with E-state index in [0.29, 0.717) is 11.8 Å². The highest BCUT2D eigenvalue weighted by Crippen LogP contribution is 2.34. The zero-order valence-electron chi connectivity index (χ0n) is 23.5. The predicted molar refractivity (Wildman–Crippen MR) is 165 cm³/mol. The molecule has 0 bridgehead atoms. The molecule has 0 aliphatic heterocycles. The van der Waals surface area contributed by atoms with E-state index in [0.717, 1.165) is 35.4 Å².